The topological polar surface area (TPSA) is 31.6 Å². The van der Waals surface area contributed by atoms with E-state index in [4.69, 9.17) is 0 Å². The van der Waals surface area contributed by atoms with Gasteiger partial charge in [0, 0.05) is 53.9 Å². The van der Waals surface area contributed by atoms with E-state index in [1.807, 2.05) is 0 Å². The van der Waals surface area contributed by atoms with Crippen LogP contribution in [-0.2, 0) is 0 Å². The molecule has 8 aromatic rings. The van der Waals surface area contributed by atoms with Crippen LogP contribution in [0.2, 0.25) is 0 Å². The number of nitrogens with one attached hydrogen (secondary N) is 2. The van der Waals surface area contributed by atoms with E-state index in [0.29, 0.717) is 0 Å². The van der Waals surface area contributed by atoms with Crippen LogP contribution in [0.25, 0.3) is 77.0 Å². The van der Waals surface area contributed by atoms with Gasteiger partial charge in [0.2, 0.25) is 0 Å². The van der Waals surface area contributed by atoms with Crippen molar-refractivity contribution in [1.29, 1.82) is 0 Å². The number of fused-ring (bicyclic) bond motifs is 6. The monoisotopic (exact) mass is 514 g/mol. The van der Waals surface area contributed by atoms with Gasteiger partial charge in [-0.3, -0.25) is 0 Å². The van der Waals surface area contributed by atoms with Crippen LogP contribution < -0.4 is 5.19 Å². The summed E-state index contributed by atoms with van der Waals surface area (Å²) in [6.07, 6.45) is 0. The third-order valence-electron chi connectivity index (χ3n) is 8.11. The number of hydrogen-bond donors (Lipinski definition) is 2. The summed E-state index contributed by atoms with van der Waals surface area (Å²) in [6, 6.07) is 46.3. The highest BCUT2D eigenvalue weighted by molar-refractivity contribution is 6.38. The van der Waals surface area contributed by atoms with E-state index in [1.54, 1.807) is 0 Å². The molecule has 0 unspecified atom stereocenters. The van der Waals surface area contributed by atoms with E-state index < -0.39 is 0 Å². The maximum atomic E-state index is 3.65. The van der Waals surface area contributed by atoms with Crippen molar-refractivity contribution >= 4 is 59.0 Å². The lowest BCUT2D eigenvalue weighted by atomic mass is 9.87. The number of aromatic amines is 2. The van der Waals surface area contributed by atoms with Crippen molar-refractivity contribution in [2.24, 2.45) is 0 Å². The molecule has 2 heterocycles. The van der Waals surface area contributed by atoms with Crippen LogP contribution in [0.5, 0.6) is 0 Å². The van der Waals surface area contributed by atoms with Crippen molar-refractivity contribution in [3.63, 3.8) is 0 Å². The maximum absolute atomic E-state index is 3.65. The van der Waals surface area contributed by atoms with Crippen molar-refractivity contribution in [1.82, 2.24) is 9.97 Å². The van der Waals surface area contributed by atoms with Gasteiger partial charge in [-0.25, -0.2) is 0 Å². The molecule has 0 saturated carbocycles. The molecule has 0 aliphatic carbocycles. The minimum Gasteiger partial charge on any atom is -0.354 e. The normalized spacial score (nSPS) is 11.8. The molecule has 0 bridgehead atoms. The van der Waals surface area contributed by atoms with Gasteiger partial charge in [0.1, 0.15) is 0 Å². The average molecular weight is 515 g/mol. The Labute approximate surface area is 229 Å². The fourth-order valence-corrected chi connectivity index (χ4v) is 7.17. The summed E-state index contributed by atoms with van der Waals surface area (Å²) in [5.41, 5.74) is 12.4. The second kappa shape index (κ2) is 8.59. The minimum absolute atomic E-state index is 0.958. The smallest absolute Gasteiger partial charge is 0.0471 e. The number of H-pyrrole nitrogens is 2. The Morgan fingerprint density at radius 2 is 0.795 bits per heavy atom. The molecular formula is C36H26N2Si. The summed E-state index contributed by atoms with van der Waals surface area (Å²) in [4.78, 5) is 7.28. The quantitative estimate of drug-likeness (QED) is 0.224. The first-order valence-electron chi connectivity index (χ1n) is 13.5. The maximum Gasteiger partial charge on any atom is 0.0471 e. The Hall–Kier alpha value is -4.86. The first-order chi connectivity index (χ1) is 19.3. The zero-order chi connectivity index (χ0) is 25.9. The van der Waals surface area contributed by atoms with Crippen molar-refractivity contribution in [2.45, 2.75) is 0 Å². The van der Waals surface area contributed by atoms with E-state index >= 15 is 0 Å². The van der Waals surface area contributed by atoms with Gasteiger partial charge >= 0.3 is 0 Å². The molecule has 3 heteroatoms. The van der Waals surface area contributed by atoms with Crippen LogP contribution >= 0.6 is 0 Å². The number of rotatable bonds is 3. The number of para-hydroxylation sites is 2. The molecular weight excluding hydrogens is 488 g/mol. The summed E-state index contributed by atoms with van der Waals surface area (Å²) in [5, 5.41) is 6.52. The SMILES string of the molecule is [SiH3]c1cccc(-c2ccccc2-c2cccc3[nH]c4ccccc4c23)c1-c1cccc2[nH]c3ccccc3c12. The summed E-state index contributed by atoms with van der Waals surface area (Å²) in [7, 11) is 0.958. The van der Waals surface area contributed by atoms with Gasteiger partial charge in [0.05, 0.1) is 0 Å². The predicted octanol–water partition coefficient (Wildman–Crippen LogP) is 7.95. The van der Waals surface area contributed by atoms with Crippen LogP contribution in [-0.4, -0.2) is 20.2 Å². The fourth-order valence-electron chi connectivity index (χ4n) is 6.44. The standard InChI is InChI=1S/C36H26N2Si/c39-33-21-9-15-25(36(33)28-16-8-20-32-35(28)27-13-4-6-18-30(27)38-32)23-11-2-1-10-22(23)24-14-7-19-31-34(24)26-12-3-5-17-29(26)37-31/h1-21,37-38H,39H3. The van der Waals surface area contributed by atoms with Gasteiger partial charge in [0.15, 0.2) is 0 Å². The van der Waals surface area contributed by atoms with Gasteiger partial charge in [0.25, 0.3) is 0 Å². The highest BCUT2D eigenvalue weighted by Crippen LogP contribution is 2.43. The Bertz CT molecular complexity index is 2200. The Balaban J connectivity index is 1.44. The van der Waals surface area contributed by atoms with Crippen molar-refractivity contribution in [2.75, 3.05) is 0 Å². The molecule has 0 fully saturated rings. The van der Waals surface area contributed by atoms with E-state index in [9.17, 15) is 0 Å². The summed E-state index contributed by atoms with van der Waals surface area (Å²) in [5.74, 6) is 0. The molecule has 2 N–H and O–H groups in total. The zero-order valence-electron chi connectivity index (χ0n) is 21.6. The minimum atomic E-state index is 0.958. The third-order valence-corrected chi connectivity index (χ3v) is 8.94. The Morgan fingerprint density at radius 3 is 1.46 bits per heavy atom. The highest BCUT2D eigenvalue weighted by Gasteiger charge is 2.19. The first kappa shape index (κ1) is 22.2. The average Bonchev–Trinajstić information content (AvgIpc) is 3.56. The second-order valence-electron chi connectivity index (χ2n) is 10.3. The zero-order valence-corrected chi connectivity index (χ0v) is 23.6. The van der Waals surface area contributed by atoms with Crippen LogP contribution in [0.15, 0.2) is 127 Å². The highest BCUT2D eigenvalue weighted by atomic mass is 28.1. The molecule has 8 rings (SSSR count). The molecule has 0 saturated heterocycles. The largest absolute Gasteiger partial charge is 0.354 e. The fraction of sp³-hybridized carbons (Fsp3) is 0. The molecule has 6 aromatic carbocycles. The summed E-state index contributed by atoms with van der Waals surface area (Å²) < 4.78 is 0. The molecule has 2 aromatic heterocycles. The molecule has 0 spiro atoms. The van der Waals surface area contributed by atoms with Gasteiger partial charge in [-0.2, -0.15) is 0 Å². The molecule has 0 amide bonds. The van der Waals surface area contributed by atoms with Crippen LogP contribution in [0, 0.1) is 0 Å². The number of hydrogen-bond acceptors (Lipinski definition) is 0. The predicted molar refractivity (Wildman–Crippen MR) is 171 cm³/mol. The van der Waals surface area contributed by atoms with Gasteiger partial charge in [-0.05, 0) is 57.6 Å². The molecule has 0 aliphatic heterocycles. The summed E-state index contributed by atoms with van der Waals surface area (Å²) >= 11 is 0. The van der Waals surface area contributed by atoms with Gasteiger partial charge < -0.3 is 9.97 Å². The Kier molecular flexibility index (Phi) is 4.88. The molecule has 0 aliphatic rings. The van der Waals surface area contributed by atoms with Crippen molar-refractivity contribution in [3.8, 4) is 33.4 Å². The van der Waals surface area contributed by atoms with Gasteiger partial charge in [-0.1, -0.05) is 108 Å². The lowest BCUT2D eigenvalue weighted by Crippen LogP contribution is -2.08. The lowest BCUT2D eigenvalue weighted by molar-refractivity contribution is 1.54. The van der Waals surface area contributed by atoms with E-state index in [-0.39, 0.29) is 0 Å². The van der Waals surface area contributed by atoms with Gasteiger partial charge in [-0.15, -0.1) is 0 Å². The van der Waals surface area contributed by atoms with E-state index in [2.05, 4.69) is 137 Å². The molecule has 2 nitrogen and oxygen atoms in total. The van der Waals surface area contributed by atoms with E-state index in [0.717, 1.165) is 10.2 Å². The first-order valence-corrected chi connectivity index (χ1v) is 14.5. The van der Waals surface area contributed by atoms with Crippen molar-refractivity contribution < 1.29 is 0 Å². The van der Waals surface area contributed by atoms with Crippen LogP contribution in [0.1, 0.15) is 0 Å². The summed E-state index contributed by atoms with van der Waals surface area (Å²) in [6.45, 7) is 0. The molecule has 0 radical (unpaired) electrons. The second-order valence-corrected chi connectivity index (χ2v) is 11.4. The van der Waals surface area contributed by atoms with Crippen LogP contribution in [0.4, 0.5) is 0 Å². The molecule has 184 valence electrons. The molecule has 0 atom stereocenters. The van der Waals surface area contributed by atoms with Crippen molar-refractivity contribution in [3.05, 3.63) is 127 Å². The van der Waals surface area contributed by atoms with Crippen LogP contribution in [0.3, 0.4) is 0 Å². The number of benzene rings is 6. The third kappa shape index (κ3) is 3.34. The lowest BCUT2D eigenvalue weighted by Gasteiger charge is -2.18. The van der Waals surface area contributed by atoms with E-state index in [1.165, 1.54) is 82.2 Å². The molecule has 39 heavy (non-hydrogen) atoms. The Morgan fingerprint density at radius 1 is 0.359 bits per heavy atom. The number of aromatic nitrogens is 2.